The SMILES string of the molecule is CCOC(=O)c1ccc(NC(=O)CC2COCCN2)cc1.Cl. The van der Waals surface area contributed by atoms with E-state index in [1.807, 2.05) is 0 Å². The number of ether oxygens (including phenoxy) is 2. The van der Waals surface area contributed by atoms with Crippen LogP contribution < -0.4 is 10.6 Å². The third-order valence-corrected chi connectivity index (χ3v) is 3.11. The highest BCUT2D eigenvalue weighted by atomic mass is 35.5. The van der Waals surface area contributed by atoms with Crippen molar-refractivity contribution in [3.05, 3.63) is 29.8 Å². The monoisotopic (exact) mass is 328 g/mol. The highest BCUT2D eigenvalue weighted by Gasteiger charge is 2.17. The fourth-order valence-electron chi connectivity index (χ4n) is 2.09. The molecule has 0 aromatic heterocycles. The van der Waals surface area contributed by atoms with Gasteiger partial charge in [-0.2, -0.15) is 0 Å². The van der Waals surface area contributed by atoms with Crippen LogP contribution in [0.3, 0.4) is 0 Å². The van der Waals surface area contributed by atoms with Crippen LogP contribution >= 0.6 is 12.4 Å². The Kier molecular flexibility index (Phi) is 7.87. The summed E-state index contributed by atoms with van der Waals surface area (Å²) in [6.07, 6.45) is 0.361. The topological polar surface area (TPSA) is 76.7 Å². The second-order valence-corrected chi connectivity index (χ2v) is 4.78. The van der Waals surface area contributed by atoms with E-state index < -0.39 is 0 Å². The van der Waals surface area contributed by atoms with Crippen molar-refractivity contribution >= 4 is 30.0 Å². The van der Waals surface area contributed by atoms with Gasteiger partial charge in [0.15, 0.2) is 0 Å². The van der Waals surface area contributed by atoms with E-state index >= 15 is 0 Å². The molecule has 7 heteroatoms. The van der Waals surface area contributed by atoms with Crippen LogP contribution in [0.2, 0.25) is 0 Å². The normalized spacial score (nSPS) is 17.2. The van der Waals surface area contributed by atoms with Crippen molar-refractivity contribution in [1.82, 2.24) is 5.32 Å². The van der Waals surface area contributed by atoms with E-state index in [2.05, 4.69) is 10.6 Å². The quantitative estimate of drug-likeness (QED) is 0.803. The van der Waals surface area contributed by atoms with E-state index in [0.717, 1.165) is 6.54 Å². The molecule has 22 heavy (non-hydrogen) atoms. The average molecular weight is 329 g/mol. The Balaban J connectivity index is 0.00000242. The first-order valence-electron chi connectivity index (χ1n) is 7.07. The number of amides is 1. The molecule has 1 aliphatic heterocycles. The molecule has 0 bridgehead atoms. The van der Waals surface area contributed by atoms with Crippen LogP contribution in [0.25, 0.3) is 0 Å². The number of halogens is 1. The zero-order valence-corrected chi connectivity index (χ0v) is 13.3. The molecular weight excluding hydrogens is 308 g/mol. The van der Waals surface area contributed by atoms with Crippen LogP contribution in [-0.4, -0.2) is 44.3 Å². The van der Waals surface area contributed by atoms with E-state index in [-0.39, 0.29) is 30.3 Å². The highest BCUT2D eigenvalue weighted by Crippen LogP contribution is 2.11. The minimum Gasteiger partial charge on any atom is -0.462 e. The first-order valence-corrected chi connectivity index (χ1v) is 7.07. The van der Waals surface area contributed by atoms with E-state index in [0.29, 0.717) is 37.5 Å². The molecule has 1 amide bonds. The van der Waals surface area contributed by atoms with Crippen LogP contribution in [0.1, 0.15) is 23.7 Å². The largest absolute Gasteiger partial charge is 0.462 e. The Morgan fingerprint density at radius 3 is 2.68 bits per heavy atom. The van der Waals surface area contributed by atoms with E-state index in [9.17, 15) is 9.59 Å². The maximum absolute atomic E-state index is 11.9. The summed E-state index contributed by atoms with van der Waals surface area (Å²) in [5.41, 5.74) is 1.13. The van der Waals surface area contributed by atoms with Crippen molar-refractivity contribution in [3.63, 3.8) is 0 Å². The molecule has 1 heterocycles. The lowest BCUT2D eigenvalue weighted by molar-refractivity contribution is -0.117. The Morgan fingerprint density at radius 2 is 2.09 bits per heavy atom. The first-order chi connectivity index (χ1) is 10.2. The Bertz CT molecular complexity index is 487. The summed E-state index contributed by atoms with van der Waals surface area (Å²) >= 11 is 0. The van der Waals surface area contributed by atoms with Crippen LogP contribution in [-0.2, 0) is 14.3 Å². The van der Waals surface area contributed by atoms with Gasteiger partial charge in [0.1, 0.15) is 0 Å². The molecule has 1 aromatic carbocycles. The molecule has 0 radical (unpaired) electrons. The number of hydrogen-bond donors (Lipinski definition) is 2. The summed E-state index contributed by atoms with van der Waals surface area (Å²) in [5.74, 6) is -0.444. The Hall–Kier alpha value is -1.63. The molecule has 1 saturated heterocycles. The molecule has 0 aliphatic carbocycles. The van der Waals surface area contributed by atoms with Crippen LogP contribution in [0, 0.1) is 0 Å². The molecule has 0 spiro atoms. The summed E-state index contributed by atoms with van der Waals surface area (Å²) in [5, 5.41) is 6.03. The van der Waals surface area contributed by atoms with Gasteiger partial charge in [-0.25, -0.2) is 4.79 Å². The van der Waals surface area contributed by atoms with Gasteiger partial charge in [-0.15, -0.1) is 12.4 Å². The molecule has 122 valence electrons. The van der Waals surface area contributed by atoms with E-state index in [4.69, 9.17) is 9.47 Å². The van der Waals surface area contributed by atoms with E-state index in [1.165, 1.54) is 0 Å². The Morgan fingerprint density at radius 1 is 1.36 bits per heavy atom. The van der Waals surface area contributed by atoms with Crippen molar-refractivity contribution in [1.29, 1.82) is 0 Å². The number of nitrogens with one attached hydrogen (secondary N) is 2. The lowest BCUT2D eigenvalue weighted by Gasteiger charge is -2.23. The molecule has 2 rings (SSSR count). The summed E-state index contributed by atoms with van der Waals surface area (Å²) in [6.45, 7) is 4.11. The number of carbonyl (C=O) groups is 2. The van der Waals surface area contributed by atoms with Crippen molar-refractivity contribution in [2.45, 2.75) is 19.4 Å². The maximum Gasteiger partial charge on any atom is 0.338 e. The molecule has 1 unspecified atom stereocenters. The smallest absolute Gasteiger partial charge is 0.338 e. The van der Waals surface area contributed by atoms with Crippen LogP contribution in [0.5, 0.6) is 0 Å². The zero-order valence-electron chi connectivity index (χ0n) is 12.5. The highest BCUT2D eigenvalue weighted by molar-refractivity contribution is 5.93. The first kappa shape index (κ1) is 18.4. The number of hydrogen-bond acceptors (Lipinski definition) is 5. The summed E-state index contributed by atoms with van der Waals surface area (Å²) in [6, 6.07) is 6.70. The van der Waals surface area contributed by atoms with Crippen molar-refractivity contribution < 1.29 is 19.1 Å². The van der Waals surface area contributed by atoms with Gasteiger partial charge in [0.2, 0.25) is 5.91 Å². The number of carbonyl (C=O) groups excluding carboxylic acids is 2. The number of morpholine rings is 1. The van der Waals surface area contributed by atoms with Gasteiger partial charge in [-0.05, 0) is 31.2 Å². The van der Waals surface area contributed by atoms with Crippen molar-refractivity contribution in [2.24, 2.45) is 0 Å². The van der Waals surface area contributed by atoms with Gasteiger partial charge < -0.3 is 20.1 Å². The minimum absolute atomic E-state index is 0. The molecule has 0 saturated carbocycles. The van der Waals surface area contributed by atoms with Gasteiger partial charge in [0.25, 0.3) is 0 Å². The fraction of sp³-hybridized carbons (Fsp3) is 0.467. The van der Waals surface area contributed by atoms with Crippen molar-refractivity contribution in [3.8, 4) is 0 Å². The predicted molar refractivity (Wildman–Crippen MR) is 85.5 cm³/mol. The molecular formula is C15H21ClN2O4. The van der Waals surface area contributed by atoms with Gasteiger partial charge in [-0.3, -0.25) is 4.79 Å². The third kappa shape index (κ3) is 5.63. The molecule has 1 aromatic rings. The average Bonchev–Trinajstić information content (AvgIpc) is 2.49. The zero-order chi connectivity index (χ0) is 15.1. The molecule has 6 nitrogen and oxygen atoms in total. The van der Waals surface area contributed by atoms with Gasteiger partial charge >= 0.3 is 5.97 Å². The third-order valence-electron chi connectivity index (χ3n) is 3.11. The fourth-order valence-corrected chi connectivity index (χ4v) is 2.09. The van der Waals surface area contributed by atoms with Gasteiger partial charge in [0.05, 0.1) is 25.4 Å². The standard InChI is InChI=1S/C15H20N2O4.ClH/c1-2-21-15(19)11-3-5-12(6-4-11)17-14(18)9-13-10-20-8-7-16-13;/h3-6,13,16H,2,7-10H2,1H3,(H,17,18);1H. The Labute approximate surface area is 136 Å². The number of esters is 1. The minimum atomic E-state index is -0.362. The van der Waals surface area contributed by atoms with Crippen molar-refractivity contribution in [2.75, 3.05) is 31.7 Å². The lowest BCUT2D eigenvalue weighted by Crippen LogP contribution is -2.43. The maximum atomic E-state index is 11.9. The second kappa shape index (κ2) is 9.40. The van der Waals surface area contributed by atoms with Crippen LogP contribution in [0.15, 0.2) is 24.3 Å². The molecule has 2 N–H and O–H groups in total. The van der Waals surface area contributed by atoms with Crippen LogP contribution in [0.4, 0.5) is 5.69 Å². The molecule has 1 atom stereocenters. The van der Waals surface area contributed by atoms with Gasteiger partial charge in [-0.1, -0.05) is 0 Å². The molecule has 1 aliphatic rings. The summed E-state index contributed by atoms with van der Waals surface area (Å²) in [4.78, 5) is 23.4. The van der Waals surface area contributed by atoms with E-state index in [1.54, 1.807) is 31.2 Å². The predicted octanol–water partition coefficient (Wildman–Crippen LogP) is 1.60. The summed E-state index contributed by atoms with van der Waals surface area (Å²) < 4.78 is 10.2. The number of benzene rings is 1. The lowest BCUT2D eigenvalue weighted by atomic mass is 10.1. The number of anilines is 1. The second-order valence-electron chi connectivity index (χ2n) is 4.78. The summed E-state index contributed by atoms with van der Waals surface area (Å²) in [7, 11) is 0. The number of rotatable bonds is 5. The molecule has 1 fully saturated rings. The van der Waals surface area contributed by atoms with Gasteiger partial charge in [0, 0.05) is 24.7 Å².